The molecule has 0 saturated carbocycles. The minimum Gasteiger partial charge on any atom is -0.456 e. The molecule has 1 unspecified atom stereocenters. The number of aryl methyl sites for hydroxylation is 1. The molecule has 1 N–H and O–H groups in total. The van der Waals surface area contributed by atoms with E-state index >= 15 is 0 Å². The van der Waals surface area contributed by atoms with Gasteiger partial charge in [-0.15, -0.1) is 0 Å². The molecule has 128 valence electrons. The van der Waals surface area contributed by atoms with Crippen molar-refractivity contribution in [3.8, 4) is 0 Å². The number of hydrogen-bond donors (Lipinski definition) is 1. The summed E-state index contributed by atoms with van der Waals surface area (Å²) in [6.45, 7) is 10.3. The third kappa shape index (κ3) is 5.13. The van der Waals surface area contributed by atoms with E-state index in [9.17, 15) is 4.79 Å². The van der Waals surface area contributed by atoms with Gasteiger partial charge in [-0.3, -0.25) is 9.97 Å². The summed E-state index contributed by atoms with van der Waals surface area (Å²) in [7, 11) is 0. The quantitative estimate of drug-likeness (QED) is 0.850. The second-order valence-corrected chi connectivity index (χ2v) is 6.83. The van der Waals surface area contributed by atoms with Crippen LogP contribution < -0.4 is 5.32 Å². The molecule has 24 heavy (non-hydrogen) atoms. The zero-order valence-corrected chi connectivity index (χ0v) is 15.0. The fourth-order valence-electron chi connectivity index (χ4n) is 2.31. The second kappa shape index (κ2) is 7.53. The fraction of sp³-hybridized carbons (Fsp3) is 0.421. The Bertz CT molecular complexity index is 691. The molecule has 2 aromatic rings. The molecule has 0 aliphatic heterocycles. The molecular formula is C19H25N3O2. The molecule has 0 aliphatic carbocycles. The predicted octanol–water partition coefficient (Wildman–Crippen LogP) is 3.59. The van der Waals surface area contributed by atoms with Gasteiger partial charge in [-0.25, -0.2) is 4.79 Å². The molecular weight excluding hydrogens is 302 g/mol. The van der Waals surface area contributed by atoms with Crippen LogP contribution in [-0.4, -0.2) is 21.5 Å². The standard InChI is InChI=1S/C19H25N3O2/c1-13-17(21-11-10-20-13)14(2)22-12-15-6-8-16(9-7-15)18(23)24-19(3,4)5/h6-11,14,22H,12H2,1-5H3. The van der Waals surface area contributed by atoms with Crippen molar-refractivity contribution >= 4 is 5.97 Å². The summed E-state index contributed by atoms with van der Waals surface area (Å²) < 4.78 is 5.36. The van der Waals surface area contributed by atoms with Gasteiger partial charge >= 0.3 is 5.97 Å². The van der Waals surface area contributed by atoms with E-state index in [1.807, 2.05) is 39.8 Å². The maximum atomic E-state index is 12.0. The number of carbonyl (C=O) groups excluding carboxylic acids is 1. The van der Waals surface area contributed by atoms with E-state index in [2.05, 4.69) is 22.2 Å². The van der Waals surface area contributed by atoms with Crippen LogP contribution in [0.25, 0.3) is 0 Å². The minimum absolute atomic E-state index is 0.101. The van der Waals surface area contributed by atoms with E-state index in [4.69, 9.17) is 4.74 Å². The third-order valence-corrected chi connectivity index (χ3v) is 3.53. The van der Waals surface area contributed by atoms with Gasteiger partial charge in [0.2, 0.25) is 0 Å². The molecule has 1 aromatic heterocycles. The average molecular weight is 327 g/mol. The normalized spacial score (nSPS) is 12.7. The lowest BCUT2D eigenvalue weighted by Gasteiger charge is -2.19. The molecule has 0 radical (unpaired) electrons. The maximum Gasteiger partial charge on any atom is 0.338 e. The summed E-state index contributed by atoms with van der Waals surface area (Å²) >= 11 is 0. The van der Waals surface area contributed by atoms with E-state index < -0.39 is 5.60 Å². The second-order valence-electron chi connectivity index (χ2n) is 6.83. The molecule has 0 saturated heterocycles. The first-order chi connectivity index (χ1) is 11.3. The van der Waals surface area contributed by atoms with E-state index in [-0.39, 0.29) is 12.0 Å². The van der Waals surface area contributed by atoms with Gasteiger partial charge < -0.3 is 10.1 Å². The van der Waals surface area contributed by atoms with Crippen molar-refractivity contribution in [1.29, 1.82) is 0 Å². The molecule has 1 aromatic carbocycles. The van der Waals surface area contributed by atoms with Crippen molar-refractivity contribution in [2.45, 2.75) is 52.8 Å². The van der Waals surface area contributed by atoms with Crippen molar-refractivity contribution < 1.29 is 9.53 Å². The molecule has 1 atom stereocenters. The minimum atomic E-state index is -0.485. The highest BCUT2D eigenvalue weighted by Gasteiger charge is 2.17. The Labute approximate surface area is 143 Å². The van der Waals surface area contributed by atoms with Crippen LogP contribution in [0.2, 0.25) is 0 Å². The number of esters is 1. The first kappa shape index (κ1) is 18.1. The Morgan fingerprint density at radius 3 is 2.38 bits per heavy atom. The van der Waals surface area contributed by atoms with Crippen LogP contribution in [0.15, 0.2) is 36.7 Å². The topological polar surface area (TPSA) is 64.1 Å². The number of benzene rings is 1. The van der Waals surface area contributed by atoms with Crippen LogP contribution in [-0.2, 0) is 11.3 Å². The summed E-state index contributed by atoms with van der Waals surface area (Å²) in [6.07, 6.45) is 3.40. The van der Waals surface area contributed by atoms with Crippen molar-refractivity contribution in [3.63, 3.8) is 0 Å². The monoisotopic (exact) mass is 327 g/mol. The predicted molar refractivity (Wildman–Crippen MR) is 93.6 cm³/mol. The van der Waals surface area contributed by atoms with Crippen LogP contribution in [0, 0.1) is 6.92 Å². The van der Waals surface area contributed by atoms with Crippen molar-refractivity contribution in [2.75, 3.05) is 0 Å². The summed E-state index contributed by atoms with van der Waals surface area (Å²) in [5, 5.41) is 3.42. The van der Waals surface area contributed by atoms with E-state index in [0.717, 1.165) is 17.0 Å². The lowest BCUT2D eigenvalue weighted by Crippen LogP contribution is -2.24. The van der Waals surface area contributed by atoms with E-state index in [1.54, 1.807) is 24.5 Å². The maximum absolute atomic E-state index is 12.0. The number of hydrogen-bond acceptors (Lipinski definition) is 5. The fourth-order valence-corrected chi connectivity index (χ4v) is 2.31. The smallest absolute Gasteiger partial charge is 0.338 e. The molecule has 0 fully saturated rings. The largest absolute Gasteiger partial charge is 0.456 e. The van der Waals surface area contributed by atoms with Gasteiger partial charge in [0.1, 0.15) is 5.60 Å². The third-order valence-electron chi connectivity index (χ3n) is 3.53. The van der Waals surface area contributed by atoms with Crippen LogP contribution >= 0.6 is 0 Å². The van der Waals surface area contributed by atoms with E-state index in [1.165, 1.54) is 0 Å². The Hall–Kier alpha value is -2.27. The van der Waals surface area contributed by atoms with Gasteiger partial charge in [0.15, 0.2) is 0 Å². The van der Waals surface area contributed by atoms with E-state index in [0.29, 0.717) is 12.1 Å². The molecule has 0 bridgehead atoms. The Balaban J connectivity index is 1.95. The molecule has 0 aliphatic rings. The summed E-state index contributed by atoms with van der Waals surface area (Å²) in [4.78, 5) is 20.6. The van der Waals surface area contributed by atoms with Crippen LogP contribution in [0.4, 0.5) is 0 Å². The molecule has 2 rings (SSSR count). The molecule has 0 spiro atoms. The van der Waals surface area contributed by atoms with Gasteiger partial charge in [-0.1, -0.05) is 12.1 Å². The van der Waals surface area contributed by atoms with Crippen molar-refractivity contribution in [3.05, 3.63) is 59.2 Å². The molecule has 5 heteroatoms. The number of carbonyl (C=O) groups is 1. The van der Waals surface area contributed by atoms with Crippen LogP contribution in [0.1, 0.15) is 61.0 Å². The summed E-state index contributed by atoms with van der Waals surface area (Å²) in [6, 6.07) is 7.56. The lowest BCUT2D eigenvalue weighted by atomic mass is 10.1. The Morgan fingerprint density at radius 1 is 1.17 bits per heavy atom. The van der Waals surface area contributed by atoms with Gasteiger partial charge in [0.25, 0.3) is 0 Å². The van der Waals surface area contributed by atoms with Crippen molar-refractivity contribution in [1.82, 2.24) is 15.3 Å². The molecule has 5 nitrogen and oxygen atoms in total. The molecule has 0 amide bonds. The zero-order valence-electron chi connectivity index (χ0n) is 15.0. The number of aromatic nitrogens is 2. The first-order valence-corrected chi connectivity index (χ1v) is 8.09. The van der Waals surface area contributed by atoms with Gasteiger partial charge in [-0.2, -0.15) is 0 Å². The lowest BCUT2D eigenvalue weighted by molar-refractivity contribution is 0.00695. The SMILES string of the molecule is Cc1nccnc1C(C)NCc1ccc(C(=O)OC(C)(C)C)cc1. The van der Waals surface area contributed by atoms with Crippen LogP contribution in [0.5, 0.6) is 0 Å². The Kier molecular flexibility index (Phi) is 5.67. The highest BCUT2D eigenvalue weighted by Crippen LogP contribution is 2.15. The summed E-state index contributed by atoms with van der Waals surface area (Å²) in [5.41, 5.74) is 3.05. The average Bonchev–Trinajstić information content (AvgIpc) is 2.52. The van der Waals surface area contributed by atoms with Gasteiger partial charge in [-0.05, 0) is 52.3 Å². The number of nitrogens with zero attached hydrogens (tertiary/aromatic N) is 2. The molecule has 1 heterocycles. The Morgan fingerprint density at radius 2 is 1.79 bits per heavy atom. The van der Waals surface area contributed by atoms with Gasteiger partial charge in [0, 0.05) is 25.0 Å². The van der Waals surface area contributed by atoms with Gasteiger partial charge in [0.05, 0.1) is 17.0 Å². The number of ether oxygens (including phenoxy) is 1. The highest BCUT2D eigenvalue weighted by atomic mass is 16.6. The summed E-state index contributed by atoms with van der Waals surface area (Å²) in [5.74, 6) is -0.300. The highest BCUT2D eigenvalue weighted by molar-refractivity contribution is 5.89. The van der Waals surface area contributed by atoms with Crippen molar-refractivity contribution in [2.24, 2.45) is 0 Å². The number of rotatable bonds is 5. The first-order valence-electron chi connectivity index (χ1n) is 8.09. The number of nitrogens with one attached hydrogen (secondary N) is 1. The van der Waals surface area contributed by atoms with Crippen LogP contribution in [0.3, 0.4) is 0 Å². The zero-order chi connectivity index (χ0) is 17.7.